The monoisotopic (exact) mass is 251 g/mol. The molecule has 1 amide bonds. The van der Waals surface area contributed by atoms with E-state index in [2.05, 4.69) is 12.2 Å². The van der Waals surface area contributed by atoms with Crippen LogP contribution in [0.1, 0.15) is 43.0 Å². The fourth-order valence-electron chi connectivity index (χ4n) is 2.50. The van der Waals surface area contributed by atoms with Crippen molar-refractivity contribution in [3.05, 3.63) is 23.5 Å². The highest BCUT2D eigenvalue weighted by Crippen LogP contribution is 2.34. The van der Waals surface area contributed by atoms with Crippen molar-refractivity contribution in [2.24, 2.45) is 5.73 Å². The summed E-state index contributed by atoms with van der Waals surface area (Å²) in [5, 5.41) is 3.17. The average molecular weight is 251 g/mol. The Labute approximate surface area is 106 Å². The van der Waals surface area contributed by atoms with Gasteiger partial charge in [-0.2, -0.15) is 0 Å². The van der Waals surface area contributed by atoms with Gasteiger partial charge in [-0.1, -0.05) is 12.8 Å². The molecule has 1 fully saturated rings. The first-order valence-electron chi connectivity index (χ1n) is 6.08. The van der Waals surface area contributed by atoms with Gasteiger partial charge in [-0.3, -0.25) is 4.79 Å². The molecule has 5 heteroatoms. The maximum absolute atomic E-state index is 13.8. The van der Waals surface area contributed by atoms with Gasteiger partial charge in [-0.05, 0) is 31.9 Å². The lowest BCUT2D eigenvalue weighted by Gasteiger charge is -2.27. The molecule has 0 saturated heterocycles. The van der Waals surface area contributed by atoms with Gasteiger partial charge in [0.1, 0.15) is 5.82 Å². The summed E-state index contributed by atoms with van der Waals surface area (Å²) in [5.74, 6) is -1.10. The molecule has 0 radical (unpaired) electrons. The Hall–Kier alpha value is -1.78. The molecule has 18 heavy (non-hydrogen) atoms. The fraction of sp³-hybridized carbons (Fsp3) is 0.462. The predicted molar refractivity (Wildman–Crippen MR) is 69.8 cm³/mol. The Morgan fingerprint density at radius 3 is 2.56 bits per heavy atom. The van der Waals surface area contributed by atoms with E-state index in [1.54, 1.807) is 0 Å². The summed E-state index contributed by atoms with van der Waals surface area (Å²) < 4.78 is 13.8. The number of nitrogens with one attached hydrogen (secondary N) is 1. The standard InChI is InChI=1S/C13H18FN3O/c1-13(4-2-3-5-13)17-11-6-8(12(16)18)10(15)7-9(11)14/h6-7,17H,2-5,15H2,1H3,(H2,16,18). The Morgan fingerprint density at radius 2 is 2.00 bits per heavy atom. The van der Waals surface area contributed by atoms with E-state index in [1.165, 1.54) is 6.07 Å². The normalized spacial score (nSPS) is 17.7. The first-order valence-corrected chi connectivity index (χ1v) is 6.08. The number of nitrogen functional groups attached to an aromatic ring is 1. The van der Waals surface area contributed by atoms with E-state index < -0.39 is 11.7 Å². The molecule has 1 aromatic rings. The molecule has 4 nitrogen and oxygen atoms in total. The van der Waals surface area contributed by atoms with Crippen molar-refractivity contribution in [1.82, 2.24) is 0 Å². The minimum Gasteiger partial charge on any atom is -0.398 e. The van der Waals surface area contributed by atoms with E-state index in [0.717, 1.165) is 31.7 Å². The molecule has 1 saturated carbocycles. The van der Waals surface area contributed by atoms with Crippen molar-refractivity contribution in [2.75, 3.05) is 11.1 Å². The molecule has 5 N–H and O–H groups in total. The molecule has 0 spiro atoms. The number of hydrogen-bond donors (Lipinski definition) is 3. The lowest BCUT2D eigenvalue weighted by atomic mass is 9.99. The van der Waals surface area contributed by atoms with Gasteiger partial charge in [-0.25, -0.2) is 4.39 Å². The van der Waals surface area contributed by atoms with Gasteiger partial charge >= 0.3 is 0 Å². The maximum atomic E-state index is 13.8. The van der Waals surface area contributed by atoms with E-state index in [1.807, 2.05) is 0 Å². The van der Waals surface area contributed by atoms with Crippen molar-refractivity contribution < 1.29 is 9.18 Å². The smallest absolute Gasteiger partial charge is 0.250 e. The molecule has 1 aromatic carbocycles. The van der Waals surface area contributed by atoms with Crippen LogP contribution in [-0.4, -0.2) is 11.4 Å². The third-order valence-electron chi connectivity index (χ3n) is 3.55. The minimum atomic E-state index is -0.646. The molecule has 0 bridgehead atoms. The predicted octanol–water partition coefficient (Wildman–Crippen LogP) is 2.25. The second-order valence-corrected chi connectivity index (χ2v) is 5.18. The van der Waals surface area contributed by atoms with Crippen LogP contribution >= 0.6 is 0 Å². The molecule has 0 heterocycles. The summed E-state index contributed by atoms with van der Waals surface area (Å²) in [5.41, 5.74) is 11.2. The summed E-state index contributed by atoms with van der Waals surface area (Å²) in [6.07, 6.45) is 4.23. The molecule has 0 atom stereocenters. The molecular formula is C13H18FN3O. The van der Waals surface area contributed by atoms with Crippen LogP contribution in [0, 0.1) is 5.82 Å². The quantitative estimate of drug-likeness (QED) is 0.721. The second kappa shape index (κ2) is 4.48. The molecular weight excluding hydrogens is 233 g/mol. The third-order valence-corrected chi connectivity index (χ3v) is 3.55. The molecule has 0 unspecified atom stereocenters. The second-order valence-electron chi connectivity index (χ2n) is 5.18. The number of hydrogen-bond acceptors (Lipinski definition) is 3. The van der Waals surface area contributed by atoms with Crippen LogP contribution in [0.3, 0.4) is 0 Å². The number of halogens is 1. The Morgan fingerprint density at radius 1 is 1.39 bits per heavy atom. The van der Waals surface area contributed by atoms with Crippen LogP contribution < -0.4 is 16.8 Å². The lowest BCUT2D eigenvalue weighted by Crippen LogP contribution is -2.31. The van der Waals surface area contributed by atoms with E-state index in [9.17, 15) is 9.18 Å². The van der Waals surface area contributed by atoms with Crippen LogP contribution in [0.25, 0.3) is 0 Å². The van der Waals surface area contributed by atoms with Crippen LogP contribution in [0.4, 0.5) is 15.8 Å². The number of carbonyl (C=O) groups is 1. The zero-order chi connectivity index (χ0) is 13.3. The van der Waals surface area contributed by atoms with Crippen molar-refractivity contribution in [1.29, 1.82) is 0 Å². The van der Waals surface area contributed by atoms with Crippen LogP contribution in [0.15, 0.2) is 12.1 Å². The molecule has 2 rings (SSSR count). The molecule has 98 valence electrons. The van der Waals surface area contributed by atoms with Crippen molar-refractivity contribution >= 4 is 17.3 Å². The Bertz CT molecular complexity index is 481. The maximum Gasteiger partial charge on any atom is 0.250 e. The summed E-state index contributed by atoms with van der Waals surface area (Å²) >= 11 is 0. The van der Waals surface area contributed by atoms with Crippen molar-refractivity contribution in [3.8, 4) is 0 Å². The van der Waals surface area contributed by atoms with Crippen molar-refractivity contribution in [3.63, 3.8) is 0 Å². The number of nitrogens with two attached hydrogens (primary N) is 2. The van der Waals surface area contributed by atoms with Gasteiger partial charge in [0.15, 0.2) is 0 Å². The van der Waals surface area contributed by atoms with Crippen molar-refractivity contribution in [2.45, 2.75) is 38.1 Å². The highest BCUT2D eigenvalue weighted by atomic mass is 19.1. The summed E-state index contributed by atoms with van der Waals surface area (Å²) in [6.45, 7) is 2.06. The van der Waals surface area contributed by atoms with Gasteiger partial charge in [0.05, 0.1) is 11.3 Å². The zero-order valence-corrected chi connectivity index (χ0v) is 10.4. The molecule has 0 aliphatic heterocycles. The number of benzene rings is 1. The Kier molecular flexibility index (Phi) is 3.15. The summed E-state index contributed by atoms with van der Waals surface area (Å²) in [4.78, 5) is 11.2. The SMILES string of the molecule is CC1(Nc2cc(C(N)=O)c(N)cc2F)CCCC1. The van der Waals surface area contributed by atoms with Gasteiger partial charge in [-0.15, -0.1) is 0 Å². The van der Waals surface area contributed by atoms with E-state index in [-0.39, 0.29) is 16.8 Å². The number of primary amides is 1. The van der Waals surface area contributed by atoms with Gasteiger partial charge in [0.2, 0.25) is 0 Å². The van der Waals surface area contributed by atoms with Crippen LogP contribution in [0.2, 0.25) is 0 Å². The van der Waals surface area contributed by atoms with Gasteiger partial charge < -0.3 is 16.8 Å². The number of anilines is 2. The first kappa shape index (κ1) is 12.7. The van der Waals surface area contributed by atoms with Crippen LogP contribution in [-0.2, 0) is 0 Å². The topological polar surface area (TPSA) is 81.1 Å². The average Bonchev–Trinajstić information content (AvgIpc) is 2.69. The first-order chi connectivity index (χ1) is 8.41. The van der Waals surface area contributed by atoms with E-state index >= 15 is 0 Å². The minimum absolute atomic E-state index is 0.0714. The van der Waals surface area contributed by atoms with E-state index in [4.69, 9.17) is 11.5 Å². The molecule has 0 aromatic heterocycles. The summed E-state index contributed by atoms with van der Waals surface area (Å²) in [7, 11) is 0. The lowest BCUT2D eigenvalue weighted by molar-refractivity contribution is 0.100. The largest absolute Gasteiger partial charge is 0.398 e. The molecule has 1 aliphatic carbocycles. The van der Waals surface area contributed by atoms with E-state index in [0.29, 0.717) is 5.69 Å². The molecule has 1 aliphatic rings. The van der Waals surface area contributed by atoms with Gasteiger partial charge in [0, 0.05) is 11.2 Å². The van der Waals surface area contributed by atoms with Gasteiger partial charge in [0.25, 0.3) is 5.91 Å². The van der Waals surface area contributed by atoms with Crippen LogP contribution in [0.5, 0.6) is 0 Å². The Balaban J connectivity index is 2.32. The highest BCUT2D eigenvalue weighted by molar-refractivity contribution is 5.99. The number of rotatable bonds is 3. The number of amides is 1. The fourth-order valence-corrected chi connectivity index (χ4v) is 2.50. The third kappa shape index (κ3) is 2.39. The zero-order valence-electron chi connectivity index (χ0n) is 10.4. The number of carbonyl (C=O) groups excluding carboxylic acids is 1. The summed E-state index contributed by atoms with van der Waals surface area (Å²) in [6, 6.07) is 2.54. The highest BCUT2D eigenvalue weighted by Gasteiger charge is 2.29.